The Hall–Kier alpha value is -2.09. The molecule has 2 aromatic rings. The standard InChI is InChI=1S/C19H23ClN2O4S/c1-13-4-5-14(2)19(15(13)3)26-12-18(23)21-10-11-22-27(24,25)17-8-6-16(20)7-9-17/h4-9,22H,10-12H2,1-3H3,(H,21,23). The topological polar surface area (TPSA) is 84.5 Å². The minimum atomic E-state index is -3.64. The van der Waals surface area contributed by atoms with E-state index in [4.69, 9.17) is 16.3 Å². The van der Waals surface area contributed by atoms with E-state index in [2.05, 4.69) is 10.0 Å². The van der Waals surface area contributed by atoms with Crippen LogP contribution in [-0.2, 0) is 14.8 Å². The summed E-state index contributed by atoms with van der Waals surface area (Å²) in [6, 6.07) is 9.80. The van der Waals surface area contributed by atoms with E-state index >= 15 is 0 Å². The predicted octanol–water partition coefficient (Wildman–Crippen LogP) is 2.74. The fraction of sp³-hybridized carbons (Fsp3) is 0.316. The molecule has 0 aliphatic rings. The Balaban J connectivity index is 1.78. The molecule has 0 aliphatic heterocycles. The molecule has 0 atom stereocenters. The molecular weight excluding hydrogens is 388 g/mol. The smallest absolute Gasteiger partial charge is 0.257 e. The van der Waals surface area contributed by atoms with E-state index in [-0.39, 0.29) is 30.5 Å². The number of halogens is 1. The third kappa shape index (κ3) is 5.95. The maximum Gasteiger partial charge on any atom is 0.257 e. The molecule has 2 aromatic carbocycles. The van der Waals surface area contributed by atoms with Gasteiger partial charge in [-0.15, -0.1) is 0 Å². The SMILES string of the molecule is Cc1ccc(C)c(OCC(=O)NCCNS(=O)(=O)c2ccc(Cl)cc2)c1C. The maximum atomic E-state index is 12.1. The van der Waals surface area contributed by atoms with Crippen LogP contribution in [0.4, 0.5) is 0 Å². The Kier molecular flexibility index (Phi) is 7.24. The van der Waals surface area contributed by atoms with Crippen molar-refractivity contribution in [2.45, 2.75) is 25.7 Å². The zero-order chi connectivity index (χ0) is 20.0. The lowest BCUT2D eigenvalue weighted by atomic mass is 10.1. The summed E-state index contributed by atoms with van der Waals surface area (Å²) >= 11 is 5.75. The summed E-state index contributed by atoms with van der Waals surface area (Å²) in [7, 11) is -3.64. The van der Waals surface area contributed by atoms with Gasteiger partial charge in [-0.25, -0.2) is 13.1 Å². The number of amides is 1. The summed E-state index contributed by atoms with van der Waals surface area (Å²) in [5, 5.41) is 3.09. The Morgan fingerprint density at radius 3 is 2.30 bits per heavy atom. The molecule has 2 rings (SSSR count). The van der Waals surface area contributed by atoms with Crippen LogP contribution in [0.25, 0.3) is 0 Å². The summed E-state index contributed by atoms with van der Waals surface area (Å²) in [4.78, 5) is 12.0. The van der Waals surface area contributed by atoms with Crippen molar-refractivity contribution in [3.05, 3.63) is 58.1 Å². The van der Waals surface area contributed by atoms with Crippen LogP contribution in [0.3, 0.4) is 0 Å². The Labute approximate surface area is 164 Å². The van der Waals surface area contributed by atoms with Crippen molar-refractivity contribution < 1.29 is 17.9 Å². The van der Waals surface area contributed by atoms with Gasteiger partial charge in [0.25, 0.3) is 5.91 Å². The van der Waals surface area contributed by atoms with Crippen LogP contribution in [0.1, 0.15) is 16.7 Å². The fourth-order valence-corrected chi connectivity index (χ4v) is 3.58. The van der Waals surface area contributed by atoms with Gasteiger partial charge in [-0.1, -0.05) is 23.7 Å². The third-order valence-corrected chi connectivity index (χ3v) is 5.81. The molecule has 0 aromatic heterocycles. The largest absolute Gasteiger partial charge is 0.483 e. The first-order valence-corrected chi connectivity index (χ1v) is 10.3. The third-order valence-electron chi connectivity index (χ3n) is 4.08. The van der Waals surface area contributed by atoms with Crippen LogP contribution in [0.5, 0.6) is 5.75 Å². The molecule has 0 heterocycles. The quantitative estimate of drug-likeness (QED) is 0.655. The Bertz CT molecular complexity index is 912. The summed E-state index contributed by atoms with van der Waals surface area (Å²) in [5.41, 5.74) is 3.05. The lowest BCUT2D eigenvalue weighted by Gasteiger charge is -2.14. The highest BCUT2D eigenvalue weighted by atomic mass is 35.5. The van der Waals surface area contributed by atoms with E-state index < -0.39 is 10.0 Å². The molecule has 2 N–H and O–H groups in total. The van der Waals surface area contributed by atoms with Gasteiger partial charge in [0.05, 0.1) is 4.90 Å². The highest BCUT2D eigenvalue weighted by Gasteiger charge is 2.13. The number of hydrogen-bond donors (Lipinski definition) is 2. The molecule has 0 saturated carbocycles. The zero-order valence-electron chi connectivity index (χ0n) is 15.5. The number of carbonyl (C=O) groups is 1. The van der Waals surface area contributed by atoms with Crippen molar-refractivity contribution in [2.24, 2.45) is 0 Å². The highest BCUT2D eigenvalue weighted by molar-refractivity contribution is 7.89. The minimum Gasteiger partial charge on any atom is -0.483 e. The number of ether oxygens (including phenoxy) is 1. The molecule has 0 radical (unpaired) electrons. The molecule has 0 fully saturated rings. The molecule has 146 valence electrons. The molecule has 0 aliphatic carbocycles. The maximum absolute atomic E-state index is 12.1. The minimum absolute atomic E-state index is 0.0687. The monoisotopic (exact) mass is 410 g/mol. The van der Waals surface area contributed by atoms with Crippen LogP contribution < -0.4 is 14.8 Å². The number of aryl methyl sites for hydroxylation is 2. The zero-order valence-corrected chi connectivity index (χ0v) is 17.1. The first kappa shape index (κ1) is 21.2. The van der Waals surface area contributed by atoms with Crippen molar-refractivity contribution >= 4 is 27.5 Å². The van der Waals surface area contributed by atoms with E-state index in [9.17, 15) is 13.2 Å². The highest BCUT2D eigenvalue weighted by Crippen LogP contribution is 2.25. The molecule has 0 saturated heterocycles. The van der Waals surface area contributed by atoms with Gasteiger partial charge >= 0.3 is 0 Å². The van der Waals surface area contributed by atoms with Gasteiger partial charge in [-0.2, -0.15) is 0 Å². The molecule has 0 unspecified atom stereocenters. The van der Waals surface area contributed by atoms with Crippen molar-refractivity contribution in [3.63, 3.8) is 0 Å². The van der Waals surface area contributed by atoms with Gasteiger partial charge in [-0.05, 0) is 61.7 Å². The number of rotatable bonds is 8. The van der Waals surface area contributed by atoms with E-state index in [1.807, 2.05) is 32.9 Å². The summed E-state index contributed by atoms with van der Waals surface area (Å²) < 4.78 is 32.3. The van der Waals surface area contributed by atoms with E-state index in [1.54, 1.807) is 0 Å². The van der Waals surface area contributed by atoms with Crippen molar-refractivity contribution in [2.75, 3.05) is 19.7 Å². The van der Waals surface area contributed by atoms with Crippen molar-refractivity contribution in [1.82, 2.24) is 10.0 Å². The average Bonchev–Trinajstić information content (AvgIpc) is 2.62. The second-order valence-corrected chi connectivity index (χ2v) is 8.35. The second kappa shape index (κ2) is 9.21. The number of hydrogen-bond acceptors (Lipinski definition) is 4. The molecule has 1 amide bonds. The van der Waals surface area contributed by atoms with Crippen LogP contribution in [0, 0.1) is 20.8 Å². The van der Waals surface area contributed by atoms with Crippen LogP contribution in [-0.4, -0.2) is 34.0 Å². The Morgan fingerprint density at radius 1 is 1.00 bits per heavy atom. The van der Waals surface area contributed by atoms with Gasteiger partial charge < -0.3 is 10.1 Å². The van der Waals surface area contributed by atoms with E-state index in [1.165, 1.54) is 24.3 Å². The van der Waals surface area contributed by atoms with Crippen molar-refractivity contribution in [3.8, 4) is 5.75 Å². The van der Waals surface area contributed by atoms with Crippen LogP contribution in [0.15, 0.2) is 41.3 Å². The number of nitrogens with one attached hydrogen (secondary N) is 2. The molecule has 6 nitrogen and oxygen atoms in total. The number of benzene rings is 2. The van der Waals surface area contributed by atoms with E-state index in [0.29, 0.717) is 10.8 Å². The van der Waals surface area contributed by atoms with Crippen LogP contribution >= 0.6 is 11.6 Å². The van der Waals surface area contributed by atoms with Gasteiger partial charge in [0.2, 0.25) is 10.0 Å². The summed E-state index contributed by atoms with van der Waals surface area (Å²) in [6.45, 7) is 5.94. The van der Waals surface area contributed by atoms with Crippen LogP contribution in [0.2, 0.25) is 5.02 Å². The molecular formula is C19H23ClN2O4S. The first-order chi connectivity index (χ1) is 12.7. The lowest BCUT2D eigenvalue weighted by Crippen LogP contribution is -2.36. The molecule has 8 heteroatoms. The summed E-state index contributed by atoms with van der Waals surface area (Å²) in [5.74, 6) is 0.384. The normalized spacial score (nSPS) is 11.3. The molecule has 0 spiro atoms. The molecule has 27 heavy (non-hydrogen) atoms. The van der Waals surface area contributed by atoms with Crippen molar-refractivity contribution in [1.29, 1.82) is 0 Å². The first-order valence-electron chi connectivity index (χ1n) is 8.42. The predicted molar refractivity (Wildman–Crippen MR) is 106 cm³/mol. The van der Waals surface area contributed by atoms with Gasteiger partial charge in [0, 0.05) is 18.1 Å². The number of carbonyl (C=O) groups excluding carboxylic acids is 1. The summed E-state index contributed by atoms with van der Waals surface area (Å²) in [6.07, 6.45) is 0. The van der Waals surface area contributed by atoms with Gasteiger partial charge in [0.15, 0.2) is 6.61 Å². The fourth-order valence-electron chi connectivity index (χ4n) is 2.42. The van der Waals surface area contributed by atoms with E-state index in [0.717, 1.165) is 16.7 Å². The van der Waals surface area contributed by atoms with Gasteiger partial charge in [-0.3, -0.25) is 4.79 Å². The average molecular weight is 411 g/mol. The number of sulfonamides is 1. The Morgan fingerprint density at radius 2 is 1.63 bits per heavy atom. The van der Waals surface area contributed by atoms with Gasteiger partial charge in [0.1, 0.15) is 5.75 Å². The lowest BCUT2D eigenvalue weighted by molar-refractivity contribution is -0.123. The second-order valence-electron chi connectivity index (χ2n) is 6.14. The molecule has 0 bridgehead atoms.